The van der Waals surface area contributed by atoms with Gasteiger partial charge >= 0.3 is 0 Å². The second kappa shape index (κ2) is 10.4. The van der Waals surface area contributed by atoms with Gasteiger partial charge in [0.1, 0.15) is 0 Å². The predicted octanol–water partition coefficient (Wildman–Crippen LogP) is 7.39. The Morgan fingerprint density at radius 1 is 0.781 bits per heavy atom. The molecule has 0 heterocycles. The molecule has 0 aliphatic heterocycles. The molecule has 2 nitrogen and oxygen atoms in total. The molecule has 32 heavy (non-hydrogen) atoms. The third-order valence-electron chi connectivity index (χ3n) is 9.18. The van der Waals surface area contributed by atoms with Crippen molar-refractivity contribution in [3.8, 4) is 0 Å². The fraction of sp³-hybridized carbons (Fsp3) is 0.733. The van der Waals surface area contributed by atoms with Gasteiger partial charge in [-0.25, -0.2) is 0 Å². The number of aliphatic hydroxyl groups excluding tert-OH is 2. The average Bonchev–Trinajstić information content (AvgIpc) is 2.97. The van der Waals surface area contributed by atoms with Crippen LogP contribution in [0.4, 0.5) is 0 Å². The molecular formula is C30H48O2. The van der Waals surface area contributed by atoms with Crippen LogP contribution in [0.25, 0.3) is 0 Å². The number of hydrogen-bond acceptors (Lipinski definition) is 2. The standard InChI is InChI=1S/2C15H24O/c2*1-9(2)12-6-5-10(3)15-13(8-12)11(4)7-14(15)16/h11-14,16H,1,5-8H2,2-4H3;10-12,14,16H,1,5-8H2,2-4H3. The number of hydrogen-bond donors (Lipinski definition) is 2. The van der Waals surface area contributed by atoms with Crippen LogP contribution in [0.2, 0.25) is 0 Å². The summed E-state index contributed by atoms with van der Waals surface area (Å²) >= 11 is 0. The Bertz CT molecular complexity index is 785. The third kappa shape index (κ3) is 5.33. The summed E-state index contributed by atoms with van der Waals surface area (Å²) in [5.74, 6) is 3.69. The van der Waals surface area contributed by atoms with Gasteiger partial charge < -0.3 is 10.2 Å². The highest BCUT2D eigenvalue weighted by Crippen LogP contribution is 2.47. The fourth-order valence-corrected chi connectivity index (χ4v) is 7.03. The van der Waals surface area contributed by atoms with Gasteiger partial charge in [0.2, 0.25) is 0 Å². The Kier molecular flexibility index (Phi) is 8.31. The highest BCUT2D eigenvalue weighted by Gasteiger charge is 2.39. The van der Waals surface area contributed by atoms with Gasteiger partial charge in [-0.1, -0.05) is 56.2 Å². The summed E-state index contributed by atoms with van der Waals surface area (Å²) < 4.78 is 0. The van der Waals surface area contributed by atoms with Crippen LogP contribution >= 0.6 is 0 Å². The summed E-state index contributed by atoms with van der Waals surface area (Å²) in [7, 11) is 0. The van der Waals surface area contributed by atoms with E-state index in [1.165, 1.54) is 53.5 Å². The van der Waals surface area contributed by atoms with Crippen molar-refractivity contribution < 1.29 is 10.2 Å². The second-order valence-corrected chi connectivity index (χ2v) is 11.7. The largest absolute Gasteiger partial charge is 0.389 e. The third-order valence-corrected chi connectivity index (χ3v) is 9.18. The highest BCUT2D eigenvalue weighted by molar-refractivity contribution is 5.31. The molecule has 0 aromatic carbocycles. The first-order valence-corrected chi connectivity index (χ1v) is 13.1. The van der Waals surface area contributed by atoms with E-state index < -0.39 is 0 Å². The molecule has 8 atom stereocenters. The second-order valence-electron chi connectivity index (χ2n) is 11.7. The summed E-state index contributed by atoms with van der Waals surface area (Å²) in [5.41, 5.74) is 8.38. The van der Waals surface area contributed by atoms with E-state index in [1.54, 1.807) is 5.57 Å². The lowest BCUT2D eigenvalue weighted by Gasteiger charge is -2.22. The van der Waals surface area contributed by atoms with Gasteiger partial charge in [0, 0.05) is 0 Å². The maximum absolute atomic E-state index is 10.1. The molecule has 2 N–H and O–H groups in total. The molecule has 0 aromatic heterocycles. The first kappa shape index (κ1) is 25.5. The minimum Gasteiger partial charge on any atom is -0.389 e. The van der Waals surface area contributed by atoms with E-state index >= 15 is 0 Å². The van der Waals surface area contributed by atoms with E-state index in [0.29, 0.717) is 35.5 Å². The van der Waals surface area contributed by atoms with Crippen LogP contribution in [0.15, 0.2) is 46.6 Å². The molecule has 0 bridgehead atoms. The fourth-order valence-electron chi connectivity index (χ4n) is 7.03. The first-order chi connectivity index (χ1) is 15.0. The molecule has 0 saturated heterocycles. The van der Waals surface area contributed by atoms with Gasteiger partial charge in [-0.2, -0.15) is 0 Å². The molecule has 0 spiro atoms. The smallest absolute Gasteiger partial charge is 0.0761 e. The van der Waals surface area contributed by atoms with E-state index in [0.717, 1.165) is 25.7 Å². The van der Waals surface area contributed by atoms with Crippen molar-refractivity contribution in [1.29, 1.82) is 0 Å². The molecule has 1 fully saturated rings. The summed E-state index contributed by atoms with van der Waals surface area (Å²) in [6, 6.07) is 0. The van der Waals surface area contributed by atoms with E-state index in [2.05, 4.69) is 54.7 Å². The zero-order valence-electron chi connectivity index (χ0n) is 21.6. The van der Waals surface area contributed by atoms with Gasteiger partial charge in [-0.3, -0.25) is 0 Å². The van der Waals surface area contributed by atoms with Gasteiger partial charge in [0.05, 0.1) is 12.2 Å². The number of rotatable bonds is 2. The molecule has 2 heteroatoms. The Balaban J connectivity index is 0.000000181. The van der Waals surface area contributed by atoms with Crippen LogP contribution in [-0.4, -0.2) is 22.4 Å². The van der Waals surface area contributed by atoms with Crippen molar-refractivity contribution in [2.24, 2.45) is 35.5 Å². The van der Waals surface area contributed by atoms with E-state index in [9.17, 15) is 10.2 Å². The number of allylic oxidation sites excluding steroid dienone is 4. The van der Waals surface area contributed by atoms with Crippen LogP contribution in [0.3, 0.4) is 0 Å². The SMILES string of the molecule is C=C(C)C1CCC(C)=C2C(O)CC(C)C2C1.C=C(C)C1CCC(C)C2=C(C1)C(C)CC2O. The Labute approximate surface area is 197 Å². The molecular weight excluding hydrogens is 392 g/mol. The van der Waals surface area contributed by atoms with Crippen molar-refractivity contribution >= 4 is 0 Å². The van der Waals surface area contributed by atoms with Crippen molar-refractivity contribution in [1.82, 2.24) is 0 Å². The quantitative estimate of drug-likeness (QED) is 0.439. The van der Waals surface area contributed by atoms with Crippen molar-refractivity contribution in [2.45, 2.75) is 105 Å². The lowest BCUT2D eigenvalue weighted by molar-refractivity contribution is 0.189. The van der Waals surface area contributed by atoms with Gasteiger partial charge in [-0.05, 0) is 119 Å². The van der Waals surface area contributed by atoms with Gasteiger partial charge in [0.15, 0.2) is 0 Å². The van der Waals surface area contributed by atoms with E-state index in [-0.39, 0.29) is 12.2 Å². The molecule has 4 aliphatic carbocycles. The monoisotopic (exact) mass is 440 g/mol. The van der Waals surface area contributed by atoms with Crippen molar-refractivity contribution in [3.05, 3.63) is 46.6 Å². The zero-order chi connectivity index (χ0) is 23.7. The Morgan fingerprint density at radius 3 is 2.03 bits per heavy atom. The van der Waals surface area contributed by atoms with Crippen molar-refractivity contribution in [2.75, 3.05) is 0 Å². The molecule has 0 aromatic rings. The molecule has 0 radical (unpaired) electrons. The van der Waals surface area contributed by atoms with Crippen LogP contribution in [0.1, 0.15) is 92.9 Å². The van der Waals surface area contributed by atoms with E-state index in [4.69, 9.17) is 0 Å². The average molecular weight is 441 g/mol. The number of fused-ring (bicyclic) bond motifs is 1. The molecule has 8 unspecified atom stereocenters. The van der Waals surface area contributed by atoms with Crippen LogP contribution in [-0.2, 0) is 0 Å². The summed E-state index contributed by atoms with van der Waals surface area (Å²) in [6.07, 6.45) is 8.75. The number of aliphatic hydroxyl groups is 2. The first-order valence-electron chi connectivity index (χ1n) is 13.1. The van der Waals surface area contributed by atoms with Crippen molar-refractivity contribution in [3.63, 3.8) is 0 Å². The predicted molar refractivity (Wildman–Crippen MR) is 136 cm³/mol. The highest BCUT2D eigenvalue weighted by atomic mass is 16.3. The molecule has 4 rings (SSSR count). The minimum atomic E-state index is -0.163. The lowest BCUT2D eigenvalue weighted by Crippen LogP contribution is -2.12. The molecule has 1 saturated carbocycles. The maximum atomic E-state index is 10.1. The molecule has 4 aliphatic rings. The molecule has 180 valence electrons. The topological polar surface area (TPSA) is 40.5 Å². The Hall–Kier alpha value is -1.12. The normalized spacial score (nSPS) is 39.5. The van der Waals surface area contributed by atoms with E-state index in [1.807, 2.05) is 0 Å². The summed E-state index contributed by atoms with van der Waals surface area (Å²) in [4.78, 5) is 0. The molecule has 0 amide bonds. The van der Waals surface area contributed by atoms with Crippen LogP contribution in [0, 0.1) is 35.5 Å². The van der Waals surface area contributed by atoms with Crippen LogP contribution in [0.5, 0.6) is 0 Å². The lowest BCUT2D eigenvalue weighted by atomic mass is 9.83. The maximum Gasteiger partial charge on any atom is 0.0761 e. The van der Waals surface area contributed by atoms with Gasteiger partial charge in [0.25, 0.3) is 0 Å². The summed E-state index contributed by atoms with van der Waals surface area (Å²) in [6.45, 7) is 21.6. The summed E-state index contributed by atoms with van der Waals surface area (Å²) in [5, 5.41) is 20.3. The van der Waals surface area contributed by atoms with Gasteiger partial charge in [-0.15, -0.1) is 0 Å². The minimum absolute atomic E-state index is 0.163. The van der Waals surface area contributed by atoms with Crippen LogP contribution < -0.4 is 0 Å². The zero-order valence-corrected chi connectivity index (χ0v) is 21.6. The Morgan fingerprint density at radius 2 is 1.41 bits per heavy atom.